The number of hydrogen-bond acceptors (Lipinski definition) is 6. The molecule has 0 saturated heterocycles. The molecule has 4 rings (SSSR count). The number of carbonyl (C=O) groups excluding carboxylic acids is 1. The predicted molar refractivity (Wildman–Crippen MR) is 96.7 cm³/mol. The van der Waals surface area contributed by atoms with Crippen molar-refractivity contribution in [3.63, 3.8) is 0 Å². The van der Waals surface area contributed by atoms with Crippen LogP contribution >= 0.6 is 11.8 Å². The van der Waals surface area contributed by atoms with Gasteiger partial charge in [-0.2, -0.15) is 4.98 Å². The molecular formula is C18H20N4O2S. The maximum Gasteiger partial charge on any atom is 0.227 e. The number of hydrogen-bond donors (Lipinski definition) is 2. The first-order chi connectivity index (χ1) is 11.9. The maximum atomic E-state index is 13.0. The Bertz CT molecular complexity index is 900. The van der Waals surface area contributed by atoms with Gasteiger partial charge in [0.15, 0.2) is 5.78 Å². The first-order valence-electron chi connectivity index (χ1n) is 8.21. The van der Waals surface area contributed by atoms with Crippen LogP contribution in [0.1, 0.15) is 38.3 Å². The van der Waals surface area contributed by atoms with Crippen LogP contribution in [0.25, 0.3) is 0 Å². The van der Waals surface area contributed by atoms with E-state index in [1.54, 1.807) is 22.9 Å². The molecule has 130 valence electrons. The second kappa shape index (κ2) is 5.62. The number of nitrogens with one attached hydrogen (secondary N) is 1. The Morgan fingerprint density at radius 3 is 2.88 bits per heavy atom. The highest BCUT2D eigenvalue weighted by Gasteiger charge is 2.41. The highest BCUT2D eigenvalue weighted by molar-refractivity contribution is 7.98. The number of nitrogens with zero attached hydrogens (tertiary/aromatic N) is 3. The van der Waals surface area contributed by atoms with Gasteiger partial charge in [-0.25, -0.2) is 4.68 Å². The molecule has 0 spiro atoms. The minimum Gasteiger partial charge on any atom is -0.508 e. The van der Waals surface area contributed by atoms with Crippen molar-refractivity contribution in [2.24, 2.45) is 5.41 Å². The number of phenols is 1. The summed E-state index contributed by atoms with van der Waals surface area (Å²) in [4.78, 5) is 17.5. The molecule has 2 aliphatic rings. The minimum absolute atomic E-state index is 0.0865. The summed E-state index contributed by atoms with van der Waals surface area (Å²) in [6.07, 6.45) is 3.21. The third-order valence-corrected chi connectivity index (χ3v) is 5.22. The second-order valence-electron chi connectivity index (χ2n) is 7.32. The summed E-state index contributed by atoms with van der Waals surface area (Å²) in [6, 6.07) is 6.66. The van der Waals surface area contributed by atoms with E-state index in [1.165, 1.54) is 11.8 Å². The second-order valence-corrected chi connectivity index (χ2v) is 8.10. The molecule has 1 aromatic heterocycles. The van der Waals surface area contributed by atoms with Gasteiger partial charge in [0, 0.05) is 17.7 Å². The molecule has 0 unspecified atom stereocenters. The fourth-order valence-electron chi connectivity index (χ4n) is 3.68. The van der Waals surface area contributed by atoms with E-state index in [0.717, 1.165) is 23.3 Å². The Labute approximate surface area is 150 Å². The number of aromatic nitrogens is 3. The van der Waals surface area contributed by atoms with E-state index in [-0.39, 0.29) is 23.0 Å². The number of rotatable bonds is 2. The molecule has 2 N–H and O–H groups in total. The average molecular weight is 356 g/mol. The lowest BCUT2D eigenvalue weighted by Crippen LogP contribution is -2.36. The summed E-state index contributed by atoms with van der Waals surface area (Å²) in [6.45, 7) is 4.21. The van der Waals surface area contributed by atoms with Gasteiger partial charge < -0.3 is 10.4 Å². The number of fused-ring (bicyclic) bond motifs is 1. The lowest BCUT2D eigenvalue weighted by molar-refractivity contribution is -0.118. The van der Waals surface area contributed by atoms with Gasteiger partial charge in [-0.05, 0) is 35.8 Å². The highest BCUT2D eigenvalue weighted by atomic mass is 32.2. The van der Waals surface area contributed by atoms with Gasteiger partial charge in [-0.3, -0.25) is 4.79 Å². The van der Waals surface area contributed by atoms with Crippen LogP contribution in [0.3, 0.4) is 0 Å². The Balaban J connectivity index is 1.92. The number of ketones is 1. The Hall–Kier alpha value is -2.28. The summed E-state index contributed by atoms with van der Waals surface area (Å²) in [7, 11) is 0. The van der Waals surface area contributed by atoms with E-state index in [4.69, 9.17) is 0 Å². The van der Waals surface area contributed by atoms with Gasteiger partial charge in [0.2, 0.25) is 11.1 Å². The van der Waals surface area contributed by atoms with Gasteiger partial charge in [-0.1, -0.05) is 37.7 Å². The topological polar surface area (TPSA) is 80.0 Å². The van der Waals surface area contributed by atoms with Crippen molar-refractivity contribution in [2.45, 2.75) is 37.9 Å². The maximum absolute atomic E-state index is 13.0. The van der Waals surface area contributed by atoms with E-state index in [0.29, 0.717) is 17.5 Å². The molecule has 1 atom stereocenters. The zero-order chi connectivity index (χ0) is 17.8. The van der Waals surface area contributed by atoms with Gasteiger partial charge in [-0.15, -0.1) is 5.10 Å². The number of carbonyl (C=O) groups is 1. The number of aromatic hydroxyl groups is 1. The summed E-state index contributed by atoms with van der Waals surface area (Å²) in [5, 5.41) is 18.5. The van der Waals surface area contributed by atoms with Crippen LogP contribution in [-0.4, -0.2) is 31.9 Å². The van der Waals surface area contributed by atoms with Crippen LogP contribution in [0.5, 0.6) is 5.75 Å². The summed E-state index contributed by atoms with van der Waals surface area (Å²) in [5.74, 6) is 0.939. The molecule has 7 heteroatoms. The molecule has 6 nitrogen and oxygen atoms in total. The molecule has 1 aromatic carbocycles. The van der Waals surface area contributed by atoms with Gasteiger partial charge in [0.05, 0.1) is 0 Å². The van der Waals surface area contributed by atoms with Crippen LogP contribution in [0.15, 0.2) is 40.7 Å². The molecule has 25 heavy (non-hydrogen) atoms. The molecule has 0 saturated carbocycles. The summed E-state index contributed by atoms with van der Waals surface area (Å²) in [5.41, 5.74) is 2.40. The minimum atomic E-state index is -0.365. The number of allylic oxidation sites excluding steroid dienone is 2. The van der Waals surface area contributed by atoms with E-state index < -0.39 is 0 Å². The van der Waals surface area contributed by atoms with Crippen molar-refractivity contribution in [1.29, 1.82) is 0 Å². The molecule has 1 aliphatic heterocycles. The molecular weight excluding hydrogens is 336 g/mol. The number of phenolic OH excluding ortho intramolecular Hbond substituents is 1. The van der Waals surface area contributed by atoms with Crippen molar-refractivity contribution >= 4 is 23.5 Å². The van der Waals surface area contributed by atoms with E-state index in [1.807, 2.05) is 12.3 Å². The first kappa shape index (κ1) is 16.2. The number of thioether (sulfide) groups is 1. The number of benzene rings is 1. The third-order valence-electron chi connectivity index (χ3n) is 4.68. The van der Waals surface area contributed by atoms with Gasteiger partial charge in [0.1, 0.15) is 11.8 Å². The van der Waals surface area contributed by atoms with Crippen LogP contribution in [-0.2, 0) is 4.79 Å². The quantitative estimate of drug-likeness (QED) is 0.803. The Morgan fingerprint density at radius 2 is 2.16 bits per heavy atom. The zero-order valence-corrected chi connectivity index (χ0v) is 15.2. The SMILES string of the molecule is CSc1nc2n(n1)[C@H](c1cccc(O)c1)C1=C(CC(C)(C)CC1=O)N2. The van der Waals surface area contributed by atoms with Crippen LogP contribution in [0.2, 0.25) is 0 Å². The molecule has 2 aromatic rings. The molecule has 0 radical (unpaired) electrons. The zero-order valence-electron chi connectivity index (χ0n) is 14.4. The van der Waals surface area contributed by atoms with Crippen LogP contribution < -0.4 is 5.32 Å². The number of anilines is 1. The normalized spacial score (nSPS) is 21.6. The smallest absolute Gasteiger partial charge is 0.227 e. The average Bonchev–Trinajstić information content (AvgIpc) is 2.94. The van der Waals surface area contributed by atoms with Gasteiger partial charge >= 0.3 is 0 Å². The van der Waals surface area contributed by atoms with Gasteiger partial charge in [0.25, 0.3) is 0 Å². The molecule has 0 fully saturated rings. The molecule has 0 bridgehead atoms. The lowest BCUT2D eigenvalue weighted by atomic mass is 9.73. The van der Waals surface area contributed by atoms with E-state index in [2.05, 4.69) is 29.2 Å². The lowest BCUT2D eigenvalue weighted by Gasteiger charge is -2.38. The summed E-state index contributed by atoms with van der Waals surface area (Å²) < 4.78 is 1.76. The van der Waals surface area contributed by atoms with Crippen molar-refractivity contribution < 1.29 is 9.90 Å². The van der Waals surface area contributed by atoms with Crippen LogP contribution in [0.4, 0.5) is 5.95 Å². The van der Waals surface area contributed by atoms with E-state index in [9.17, 15) is 9.90 Å². The van der Waals surface area contributed by atoms with Crippen molar-refractivity contribution in [1.82, 2.24) is 14.8 Å². The molecule has 1 aliphatic carbocycles. The van der Waals surface area contributed by atoms with Crippen molar-refractivity contribution in [3.8, 4) is 5.75 Å². The predicted octanol–water partition coefficient (Wildman–Crippen LogP) is 3.36. The van der Waals surface area contributed by atoms with Crippen molar-refractivity contribution in [2.75, 3.05) is 11.6 Å². The molecule has 2 heterocycles. The Kier molecular flexibility index (Phi) is 3.64. The fraction of sp³-hybridized carbons (Fsp3) is 0.389. The standard InChI is InChI=1S/C18H20N4O2S/c1-18(2)8-12-14(13(24)9-18)15(10-5-4-6-11(23)7-10)22-16(19-12)20-17(21-22)25-3/h4-7,15,23H,8-9H2,1-3H3,(H,19,20,21)/t15-/m1/s1. The fourth-order valence-corrected chi connectivity index (χ4v) is 4.03. The Morgan fingerprint density at radius 1 is 1.36 bits per heavy atom. The van der Waals surface area contributed by atoms with Crippen LogP contribution in [0, 0.1) is 5.41 Å². The summed E-state index contributed by atoms with van der Waals surface area (Å²) >= 11 is 1.46. The first-order valence-corrected chi connectivity index (χ1v) is 9.43. The van der Waals surface area contributed by atoms with Crippen molar-refractivity contribution in [3.05, 3.63) is 41.1 Å². The molecule has 0 amide bonds. The third kappa shape index (κ3) is 2.72. The number of Topliss-reactive ketones (excluding diaryl/α,β-unsaturated/α-hetero) is 1. The monoisotopic (exact) mass is 356 g/mol. The van der Waals surface area contributed by atoms with E-state index >= 15 is 0 Å². The highest BCUT2D eigenvalue weighted by Crippen LogP contribution is 2.45. The largest absolute Gasteiger partial charge is 0.508 e.